The van der Waals surface area contributed by atoms with Crippen LogP contribution in [0.2, 0.25) is 0 Å². The molecule has 0 aliphatic heterocycles. The number of rotatable bonds is 4. The summed E-state index contributed by atoms with van der Waals surface area (Å²) in [4.78, 5) is 13.9. The molecule has 0 saturated carbocycles. The molecule has 4 heterocycles. The standard InChI is InChI=1S/4C23H19NO/c1-23(2,3)19-9-5-8-18-21-17(7-6-10-20(21)25-22(18)19)15-11-13-16(24-4)14-12-15;1-23(2,3)18-8-6-10-20-22(18)21-17(7-5-9-19(21)25-20)15-11-13-16(24-4)14-12-15;1-23(2,3)16-10-13-20-19(14-16)22-18(6-5-7-21(22)25-20)15-8-11-17(24-4)12-9-15;1-23(2,3)16-10-13-19-21(14-16)25-20-7-5-6-18(22(19)20)15-8-11-17(24-4)12-9-15/h4*5-14H,1-3H3. The summed E-state index contributed by atoms with van der Waals surface area (Å²) in [7, 11) is 0. The van der Waals surface area contributed by atoms with Crippen molar-refractivity contribution in [3.63, 3.8) is 0 Å². The molecule has 0 aliphatic rings. The molecule has 488 valence electrons. The Balaban J connectivity index is 0.000000119. The average Bonchev–Trinajstić information content (AvgIpc) is 1.61. The van der Waals surface area contributed by atoms with E-state index in [9.17, 15) is 0 Å². The van der Waals surface area contributed by atoms with Crippen molar-refractivity contribution in [2.24, 2.45) is 0 Å². The van der Waals surface area contributed by atoms with Gasteiger partial charge in [-0.15, -0.1) is 0 Å². The van der Waals surface area contributed by atoms with Crippen LogP contribution >= 0.6 is 0 Å². The van der Waals surface area contributed by atoms with Gasteiger partial charge in [0.25, 0.3) is 0 Å². The second kappa shape index (κ2) is 26.3. The molecule has 8 nitrogen and oxygen atoms in total. The van der Waals surface area contributed by atoms with Crippen LogP contribution in [-0.2, 0) is 21.7 Å². The van der Waals surface area contributed by atoms with Gasteiger partial charge in [-0.1, -0.05) is 277 Å². The fraction of sp³-hybridized carbons (Fsp3) is 0.174. The van der Waals surface area contributed by atoms with Crippen LogP contribution in [0.25, 0.3) is 152 Å². The van der Waals surface area contributed by atoms with Crippen LogP contribution in [0.4, 0.5) is 22.7 Å². The van der Waals surface area contributed by atoms with Gasteiger partial charge >= 0.3 is 0 Å². The predicted molar refractivity (Wildman–Crippen MR) is 416 cm³/mol. The Kier molecular flexibility index (Phi) is 17.5. The number of nitrogens with zero attached hydrogens (tertiary/aromatic N) is 4. The van der Waals surface area contributed by atoms with E-state index in [4.69, 9.17) is 44.0 Å². The van der Waals surface area contributed by atoms with E-state index in [1.54, 1.807) is 0 Å². The summed E-state index contributed by atoms with van der Waals surface area (Å²) in [5.41, 5.74) is 24.2. The van der Waals surface area contributed by atoms with Gasteiger partial charge in [0.15, 0.2) is 22.7 Å². The molecule has 0 radical (unpaired) electrons. The van der Waals surface area contributed by atoms with Gasteiger partial charge in [0.1, 0.15) is 44.7 Å². The van der Waals surface area contributed by atoms with E-state index in [0.29, 0.717) is 22.7 Å². The second-order valence-corrected chi connectivity index (χ2v) is 29.5. The molecule has 16 rings (SSSR count). The maximum atomic E-state index is 7.14. The van der Waals surface area contributed by atoms with E-state index < -0.39 is 0 Å². The maximum Gasteiger partial charge on any atom is 0.187 e. The summed E-state index contributed by atoms with van der Waals surface area (Å²) in [6.45, 7) is 55.1. The monoisotopic (exact) mass is 1300 g/mol. The van der Waals surface area contributed by atoms with Crippen molar-refractivity contribution < 1.29 is 17.7 Å². The zero-order valence-corrected chi connectivity index (χ0v) is 58.5. The van der Waals surface area contributed by atoms with Crippen molar-refractivity contribution in [3.8, 4) is 44.5 Å². The Bertz CT molecular complexity index is 5870. The SMILES string of the molecule is [C-]#[N+]c1ccc(-c2cccc3oc4c(C(C)(C)C)cccc4c23)cc1.[C-]#[N+]c1ccc(-c2cccc3oc4cc(C(C)(C)C)ccc4c23)cc1.[C-]#[N+]c1ccc(-c2cccc3oc4ccc(C(C)(C)C)cc4c23)cc1.[C-]#[N+]c1ccc(-c2cccc3oc4cccc(C(C)(C)C)c4c23)cc1. The largest absolute Gasteiger partial charge is 0.456 e. The topological polar surface area (TPSA) is 70.0 Å². The maximum absolute atomic E-state index is 7.14. The van der Waals surface area contributed by atoms with E-state index in [0.717, 1.165) is 127 Å². The van der Waals surface area contributed by atoms with Crippen molar-refractivity contribution in [3.05, 3.63) is 311 Å². The molecule has 12 aromatic carbocycles. The van der Waals surface area contributed by atoms with Gasteiger partial charge in [-0.05, 0) is 131 Å². The number of hydrogen-bond acceptors (Lipinski definition) is 4. The lowest BCUT2D eigenvalue weighted by Crippen LogP contribution is -2.11. The molecule has 0 bridgehead atoms. The van der Waals surface area contributed by atoms with E-state index >= 15 is 0 Å². The van der Waals surface area contributed by atoms with Gasteiger partial charge in [0, 0.05) is 48.7 Å². The first kappa shape index (κ1) is 66.4. The van der Waals surface area contributed by atoms with Crippen molar-refractivity contribution in [2.75, 3.05) is 0 Å². The highest BCUT2D eigenvalue weighted by Gasteiger charge is 2.25. The third kappa shape index (κ3) is 13.0. The van der Waals surface area contributed by atoms with E-state index in [2.05, 4.69) is 193 Å². The molecular weight excluding hydrogens is 1230 g/mol. The quantitative estimate of drug-likeness (QED) is 0.165. The first-order chi connectivity index (χ1) is 47.9. The van der Waals surface area contributed by atoms with Crippen LogP contribution in [-0.4, -0.2) is 0 Å². The van der Waals surface area contributed by atoms with Crippen molar-refractivity contribution in [1.29, 1.82) is 0 Å². The van der Waals surface area contributed by atoms with Gasteiger partial charge in [-0.2, -0.15) is 0 Å². The molecule has 0 unspecified atom stereocenters. The van der Waals surface area contributed by atoms with Crippen molar-refractivity contribution in [2.45, 2.75) is 105 Å². The molecule has 100 heavy (non-hydrogen) atoms. The Morgan fingerprint density at radius 1 is 0.240 bits per heavy atom. The summed E-state index contributed by atoms with van der Waals surface area (Å²) < 4.78 is 24.6. The van der Waals surface area contributed by atoms with Gasteiger partial charge in [0.2, 0.25) is 0 Å². The lowest BCUT2D eigenvalue weighted by molar-refractivity contribution is 0.573. The first-order valence-electron chi connectivity index (χ1n) is 33.6. The smallest absolute Gasteiger partial charge is 0.187 e. The second-order valence-electron chi connectivity index (χ2n) is 29.5. The molecular formula is C92H76N4O4. The molecule has 0 aliphatic carbocycles. The summed E-state index contributed by atoms with van der Waals surface area (Å²) in [6.07, 6.45) is 0. The molecule has 0 fully saturated rings. The molecule has 0 saturated heterocycles. The zero-order valence-electron chi connectivity index (χ0n) is 58.5. The highest BCUT2D eigenvalue weighted by atomic mass is 16.3. The molecule has 0 spiro atoms. The van der Waals surface area contributed by atoms with Crippen LogP contribution in [0.15, 0.2) is 260 Å². The summed E-state index contributed by atoms with van der Waals surface area (Å²) in [6, 6.07) is 81.3. The third-order valence-electron chi connectivity index (χ3n) is 18.6. The van der Waals surface area contributed by atoms with E-state index in [1.165, 1.54) is 27.6 Å². The zero-order chi connectivity index (χ0) is 70.4. The minimum Gasteiger partial charge on any atom is -0.456 e. The predicted octanol–water partition coefficient (Wildman–Crippen LogP) is 28.4. The van der Waals surface area contributed by atoms with Crippen LogP contribution in [0, 0.1) is 26.3 Å². The summed E-state index contributed by atoms with van der Waals surface area (Å²) >= 11 is 0. The lowest BCUT2D eigenvalue weighted by atomic mass is 9.83. The Morgan fingerprint density at radius 2 is 0.570 bits per heavy atom. The highest BCUT2D eigenvalue weighted by molar-refractivity contribution is 6.16. The Morgan fingerprint density at radius 3 is 1.00 bits per heavy atom. The molecule has 0 amide bonds. The lowest BCUT2D eigenvalue weighted by Gasteiger charge is -2.20. The van der Waals surface area contributed by atoms with E-state index in [-0.39, 0.29) is 21.7 Å². The summed E-state index contributed by atoms with van der Waals surface area (Å²) in [5.74, 6) is 0. The van der Waals surface area contributed by atoms with Crippen LogP contribution < -0.4 is 0 Å². The minimum absolute atomic E-state index is 0.0187. The average molecular weight is 1300 g/mol. The van der Waals surface area contributed by atoms with Crippen LogP contribution in [0.5, 0.6) is 0 Å². The number of furan rings is 4. The van der Waals surface area contributed by atoms with Crippen molar-refractivity contribution >= 4 is 111 Å². The van der Waals surface area contributed by atoms with E-state index in [1.807, 2.05) is 152 Å². The molecule has 0 atom stereocenters. The van der Waals surface area contributed by atoms with Crippen LogP contribution in [0.1, 0.15) is 105 Å². The number of para-hydroxylation sites is 1. The van der Waals surface area contributed by atoms with Gasteiger partial charge in [0.05, 0.1) is 26.3 Å². The number of fused-ring (bicyclic) bond motifs is 12. The van der Waals surface area contributed by atoms with Crippen molar-refractivity contribution in [1.82, 2.24) is 0 Å². The Hall–Kier alpha value is -12.2. The normalized spacial score (nSPS) is 11.8. The Labute approximate surface area is 584 Å². The first-order valence-corrected chi connectivity index (χ1v) is 33.6. The fourth-order valence-corrected chi connectivity index (χ4v) is 13.3. The number of hydrogen-bond donors (Lipinski definition) is 0. The van der Waals surface area contributed by atoms with Gasteiger partial charge < -0.3 is 17.7 Å². The molecule has 8 heteroatoms. The summed E-state index contributed by atoms with van der Waals surface area (Å²) in [5, 5.41) is 9.17. The minimum atomic E-state index is 0.0187. The fourth-order valence-electron chi connectivity index (χ4n) is 13.3. The molecule has 16 aromatic rings. The molecule has 4 aromatic heterocycles. The molecule has 0 N–H and O–H groups in total. The van der Waals surface area contributed by atoms with Gasteiger partial charge in [-0.25, -0.2) is 19.4 Å². The number of benzene rings is 12. The highest BCUT2D eigenvalue weighted by Crippen LogP contribution is 2.45. The van der Waals surface area contributed by atoms with Gasteiger partial charge in [-0.3, -0.25) is 0 Å². The van der Waals surface area contributed by atoms with Crippen LogP contribution in [0.3, 0.4) is 0 Å². The third-order valence-corrected chi connectivity index (χ3v) is 18.6.